The zero-order valence-corrected chi connectivity index (χ0v) is 25.5. The molecule has 11 nitrogen and oxygen atoms in total. The highest BCUT2D eigenvalue weighted by molar-refractivity contribution is 5.99. The molecule has 0 unspecified atom stereocenters. The maximum atomic E-state index is 13.0. The second kappa shape index (κ2) is 18.2. The molecule has 2 aromatic rings. The van der Waals surface area contributed by atoms with Gasteiger partial charge in [-0.1, -0.05) is 51.8 Å². The molecule has 0 radical (unpaired) electrons. The van der Waals surface area contributed by atoms with Crippen molar-refractivity contribution in [1.82, 2.24) is 16.0 Å². The van der Waals surface area contributed by atoms with Crippen LogP contribution in [0.2, 0.25) is 0 Å². The SMILES string of the molecule is CC(=O)OC(=O)c1c(F)c(F)c(F)c(F)c1F.CCCC[C@H](NC(=O)[C@H](C)NC(=O)[C@@H](NC(=O)c1ccccc1)C(C)C)C(=O)O. The Balaban J connectivity index is 0.000000527. The van der Waals surface area contributed by atoms with Crippen LogP contribution in [0.5, 0.6) is 0 Å². The van der Waals surface area contributed by atoms with Gasteiger partial charge in [0.2, 0.25) is 17.6 Å². The first-order valence-corrected chi connectivity index (χ1v) is 13.9. The molecule has 0 spiro atoms. The number of halogens is 5. The molecule has 0 aliphatic carbocycles. The van der Waals surface area contributed by atoms with Crippen molar-refractivity contribution in [3.8, 4) is 0 Å². The molecule has 4 N–H and O–H groups in total. The Bertz CT molecular complexity index is 1410. The van der Waals surface area contributed by atoms with Crippen LogP contribution in [0, 0.1) is 35.0 Å². The summed E-state index contributed by atoms with van der Waals surface area (Å²) in [6.07, 6.45) is 1.79. The predicted octanol–water partition coefficient (Wildman–Crippen LogP) is 3.79. The lowest BCUT2D eigenvalue weighted by atomic mass is 10.0. The van der Waals surface area contributed by atoms with Crippen molar-refractivity contribution in [3.63, 3.8) is 0 Å². The van der Waals surface area contributed by atoms with Crippen molar-refractivity contribution >= 4 is 35.6 Å². The van der Waals surface area contributed by atoms with Gasteiger partial charge in [0.15, 0.2) is 23.3 Å². The highest BCUT2D eigenvalue weighted by atomic mass is 19.2. The fourth-order valence-corrected chi connectivity index (χ4v) is 3.65. The van der Waals surface area contributed by atoms with Crippen LogP contribution in [0.4, 0.5) is 22.0 Å². The van der Waals surface area contributed by atoms with Crippen molar-refractivity contribution < 1.29 is 60.6 Å². The number of nitrogens with one attached hydrogen (secondary N) is 3. The Morgan fingerprint density at radius 2 is 1.30 bits per heavy atom. The number of hydrogen-bond donors (Lipinski definition) is 4. The number of rotatable bonds is 12. The molecule has 2 rings (SSSR count). The summed E-state index contributed by atoms with van der Waals surface area (Å²) in [5.74, 6) is -17.7. The summed E-state index contributed by atoms with van der Waals surface area (Å²) in [5, 5.41) is 16.9. The summed E-state index contributed by atoms with van der Waals surface area (Å²) in [5.41, 5.74) is -1.38. The third kappa shape index (κ3) is 11.2. The molecular weight excluding hydrogens is 625 g/mol. The van der Waals surface area contributed by atoms with Gasteiger partial charge in [-0.15, -0.1) is 0 Å². The predicted molar refractivity (Wildman–Crippen MR) is 152 cm³/mol. The lowest BCUT2D eigenvalue weighted by Crippen LogP contribution is -2.56. The number of carbonyl (C=O) groups excluding carboxylic acids is 5. The molecule has 3 atom stereocenters. The monoisotopic (exact) mass is 659 g/mol. The zero-order valence-electron chi connectivity index (χ0n) is 25.5. The molecule has 252 valence electrons. The molecule has 0 saturated heterocycles. The van der Waals surface area contributed by atoms with E-state index < -0.39 is 82.5 Å². The molecule has 2 aromatic carbocycles. The van der Waals surface area contributed by atoms with E-state index in [1.54, 1.807) is 44.2 Å². The van der Waals surface area contributed by atoms with Crippen LogP contribution in [0.25, 0.3) is 0 Å². The van der Waals surface area contributed by atoms with Gasteiger partial charge in [0.1, 0.15) is 23.7 Å². The van der Waals surface area contributed by atoms with Crippen molar-refractivity contribution in [2.45, 2.75) is 72.0 Å². The molecule has 16 heteroatoms. The molecule has 0 aliphatic rings. The van der Waals surface area contributed by atoms with E-state index in [0.717, 1.165) is 13.3 Å². The molecule has 0 heterocycles. The average Bonchev–Trinajstić information content (AvgIpc) is 2.99. The normalized spacial score (nSPS) is 12.5. The Morgan fingerprint density at radius 3 is 1.76 bits per heavy atom. The van der Waals surface area contributed by atoms with Crippen LogP contribution < -0.4 is 16.0 Å². The van der Waals surface area contributed by atoms with Gasteiger partial charge in [-0.25, -0.2) is 31.5 Å². The number of esters is 2. The van der Waals surface area contributed by atoms with Crippen LogP contribution in [-0.4, -0.2) is 58.9 Å². The van der Waals surface area contributed by atoms with Gasteiger partial charge in [0.25, 0.3) is 5.91 Å². The Morgan fingerprint density at radius 1 is 0.783 bits per heavy atom. The number of benzene rings is 2. The van der Waals surface area contributed by atoms with Gasteiger partial charge in [0.05, 0.1) is 0 Å². The van der Waals surface area contributed by atoms with Crippen LogP contribution in [0.1, 0.15) is 74.6 Å². The smallest absolute Gasteiger partial charge is 0.352 e. The number of carbonyl (C=O) groups is 6. The van der Waals surface area contributed by atoms with E-state index in [1.807, 2.05) is 6.92 Å². The van der Waals surface area contributed by atoms with Crippen LogP contribution in [-0.2, 0) is 23.9 Å². The Labute approximate surface area is 260 Å². The Hall–Kier alpha value is -4.89. The number of aliphatic carboxylic acids is 1. The van der Waals surface area contributed by atoms with Gasteiger partial charge in [-0.2, -0.15) is 0 Å². The maximum Gasteiger partial charge on any atom is 0.352 e. The molecule has 0 fully saturated rings. The van der Waals surface area contributed by atoms with Crippen molar-refractivity contribution in [3.05, 3.63) is 70.5 Å². The summed E-state index contributed by atoms with van der Waals surface area (Å²) in [6, 6.07) is 5.74. The molecule has 46 heavy (non-hydrogen) atoms. The summed E-state index contributed by atoms with van der Waals surface area (Å²) < 4.78 is 67.5. The number of hydrogen-bond acceptors (Lipinski definition) is 7. The van der Waals surface area contributed by atoms with Crippen molar-refractivity contribution in [2.75, 3.05) is 0 Å². The number of amides is 3. The van der Waals surface area contributed by atoms with Crippen molar-refractivity contribution in [1.29, 1.82) is 0 Å². The topological polar surface area (TPSA) is 168 Å². The number of carboxylic acid groups (broad SMARTS) is 1. The largest absolute Gasteiger partial charge is 0.480 e. The minimum atomic E-state index is -2.40. The van der Waals surface area contributed by atoms with Crippen LogP contribution in [0.3, 0.4) is 0 Å². The van der Waals surface area contributed by atoms with E-state index in [4.69, 9.17) is 0 Å². The Kier molecular flexibility index (Phi) is 15.5. The van der Waals surface area contributed by atoms with E-state index in [2.05, 4.69) is 20.7 Å². The van der Waals surface area contributed by atoms with E-state index >= 15 is 0 Å². The quantitative estimate of drug-likeness (QED) is 0.0878. The first-order chi connectivity index (χ1) is 21.4. The summed E-state index contributed by atoms with van der Waals surface area (Å²) >= 11 is 0. The fraction of sp³-hybridized carbons (Fsp3) is 0.400. The molecule has 0 saturated carbocycles. The average molecular weight is 660 g/mol. The second-order valence-corrected chi connectivity index (χ2v) is 10.2. The standard InChI is InChI=1S/C21H31N3O5.C9H3F5O3/c1-5-6-12-16(21(28)29)23-18(25)14(4)22-20(27)17(13(2)3)24-19(26)15-10-8-7-9-11-15;1-2(15)17-9(16)3-4(10)6(12)8(14)7(13)5(3)11/h7-11,13-14,16-17H,5-6,12H2,1-4H3,(H,22,27)(H,23,25)(H,24,26)(H,28,29);1H3/t14-,16-,17-;/m0./s1. The summed E-state index contributed by atoms with van der Waals surface area (Å²) in [7, 11) is 0. The van der Waals surface area contributed by atoms with E-state index in [0.29, 0.717) is 18.4 Å². The molecule has 3 amide bonds. The van der Waals surface area contributed by atoms with Gasteiger partial charge >= 0.3 is 17.9 Å². The lowest BCUT2D eigenvalue weighted by Gasteiger charge is -2.24. The lowest BCUT2D eigenvalue weighted by molar-refractivity contribution is -0.142. The van der Waals surface area contributed by atoms with E-state index in [9.17, 15) is 55.8 Å². The van der Waals surface area contributed by atoms with E-state index in [-0.39, 0.29) is 11.8 Å². The summed E-state index contributed by atoms with van der Waals surface area (Å²) in [4.78, 5) is 69.9. The maximum absolute atomic E-state index is 13.0. The van der Waals surface area contributed by atoms with Gasteiger partial charge < -0.3 is 25.8 Å². The zero-order chi connectivity index (χ0) is 35.3. The minimum absolute atomic E-state index is 0.214. The van der Waals surface area contributed by atoms with Crippen molar-refractivity contribution in [2.24, 2.45) is 5.92 Å². The third-order valence-corrected chi connectivity index (χ3v) is 6.14. The summed E-state index contributed by atoms with van der Waals surface area (Å²) in [6.45, 7) is 7.70. The van der Waals surface area contributed by atoms with Gasteiger partial charge in [-0.3, -0.25) is 19.2 Å². The molecule has 0 aromatic heterocycles. The molecule has 0 bridgehead atoms. The number of unbranched alkanes of at least 4 members (excludes halogenated alkanes) is 1. The first-order valence-electron chi connectivity index (χ1n) is 13.9. The van der Waals surface area contributed by atoms with Gasteiger partial charge in [0, 0.05) is 12.5 Å². The second-order valence-electron chi connectivity index (χ2n) is 10.2. The van der Waals surface area contributed by atoms with Gasteiger partial charge in [-0.05, 0) is 31.4 Å². The first kappa shape index (κ1) is 39.1. The third-order valence-electron chi connectivity index (χ3n) is 6.14. The number of ether oxygens (including phenoxy) is 1. The van der Waals surface area contributed by atoms with E-state index in [1.165, 1.54) is 6.92 Å². The number of carboxylic acids is 1. The molecular formula is C30H34F5N3O8. The molecule has 0 aliphatic heterocycles. The van der Waals surface area contributed by atoms with Crippen LogP contribution in [0.15, 0.2) is 30.3 Å². The highest BCUT2D eigenvalue weighted by Crippen LogP contribution is 2.23. The van der Waals surface area contributed by atoms with Crippen LogP contribution >= 0.6 is 0 Å². The minimum Gasteiger partial charge on any atom is -0.480 e. The fourth-order valence-electron chi connectivity index (χ4n) is 3.65. The highest BCUT2D eigenvalue weighted by Gasteiger charge is 2.31.